The second-order valence-electron chi connectivity index (χ2n) is 4.31. The average molecular weight is 243 g/mol. The van der Waals surface area contributed by atoms with E-state index in [0.29, 0.717) is 6.42 Å². The topological polar surface area (TPSA) is 44.8 Å². The van der Waals surface area contributed by atoms with Gasteiger partial charge in [-0.2, -0.15) is 0 Å². The lowest BCUT2D eigenvalue weighted by Crippen LogP contribution is -2.47. The van der Waals surface area contributed by atoms with Crippen LogP contribution in [0.4, 0.5) is 0 Å². The number of nitrogens with zero attached hydrogens (tertiary/aromatic N) is 2. The van der Waals surface area contributed by atoms with E-state index in [9.17, 15) is 4.79 Å². The Morgan fingerprint density at radius 2 is 2.06 bits per heavy atom. The molecule has 17 heavy (non-hydrogen) atoms. The van der Waals surface area contributed by atoms with Crippen molar-refractivity contribution in [1.29, 1.82) is 0 Å². The molecule has 1 aliphatic heterocycles. The van der Waals surface area contributed by atoms with Gasteiger partial charge in [-0.1, -0.05) is 6.92 Å². The number of piperazine rings is 1. The number of likely N-dealkylation sites (N-methyl/N-ethyl adjacent to an activating group) is 1. The minimum atomic E-state index is 0.280. The molecular formula is C12H25N3O2. The molecule has 0 spiro atoms. The Balaban J connectivity index is 2.20. The minimum absolute atomic E-state index is 0.280. The Labute approximate surface area is 104 Å². The summed E-state index contributed by atoms with van der Waals surface area (Å²) in [6.45, 7) is 9.11. The van der Waals surface area contributed by atoms with Gasteiger partial charge in [0.25, 0.3) is 0 Å². The highest BCUT2D eigenvalue weighted by Crippen LogP contribution is 1.99. The minimum Gasteiger partial charge on any atom is -0.383 e. The van der Waals surface area contributed by atoms with E-state index in [2.05, 4.69) is 17.1 Å². The Bertz CT molecular complexity index is 218. The highest BCUT2D eigenvalue weighted by atomic mass is 16.5. The Hall–Kier alpha value is -0.650. The Kier molecular flexibility index (Phi) is 7.16. The predicted octanol–water partition coefficient (Wildman–Crippen LogP) is -0.223. The number of amides is 1. The standard InChI is InChI=1S/C12H25N3O2/c1-3-14(10-11-17-2)7-4-12(16)15-8-5-13-6-9-15/h13H,3-11H2,1-2H3. The van der Waals surface area contributed by atoms with E-state index in [4.69, 9.17) is 4.74 Å². The van der Waals surface area contributed by atoms with E-state index < -0.39 is 0 Å². The third-order valence-corrected chi connectivity index (χ3v) is 3.17. The largest absolute Gasteiger partial charge is 0.383 e. The summed E-state index contributed by atoms with van der Waals surface area (Å²) >= 11 is 0. The molecule has 0 aromatic rings. The summed E-state index contributed by atoms with van der Waals surface area (Å²) in [7, 11) is 1.71. The summed E-state index contributed by atoms with van der Waals surface area (Å²) in [6.07, 6.45) is 0.623. The molecule has 1 fully saturated rings. The van der Waals surface area contributed by atoms with E-state index in [1.54, 1.807) is 7.11 Å². The maximum absolute atomic E-state index is 11.9. The molecule has 100 valence electrons. The van der Waals surface area contributed by atoms with E-state index in [1.807, 2.05) is 4.90 Å². The lowest BCUT2D eigenvalue weighted by atomic mass is 10.3. The van der Waals surface area contributed by atoms with E-state index in [-0.39, 0.29) is 5.91 Å². The van der Waals surface area contributed by atoms with Gasteiger partial charge < -0.3 is 19.9 Å². The predicted molar refractivity (Wildman–Crippen MR) is 68.1 cm³/mol. The molecule has 0 atom stereocenters. The molecule has 0 saturated carbocycles. The van der Waals surface area contributed by atoms with Crippen LogP contribution in [0, 0.1) is 0 Å². The summed E-state index contributed by atoms with van der Waals surface area (Å²) in [5.74, 6) is 0.280. The highest BCUT2D eigenvalue weighted by molar-refractivity contribution is 5.76. The summed E-state index contributed by atoms with van der Waals surface area (Å²) in [4.78, 5) is 16.1. The van der Waals surface area contributed by atoms with Crippen LogP contribution in [0.25, 0.3) is 0 Å². The first-order valence-corrected chi connectivity index (χ1v) is 6.47. The van der Waals surface area contributed by atoms with Crippen LogP contribution in [0.3, 0.4) is 0 Å². The van der Waals surface area contributed by atoms with Gasteiger partial charge in [0, 0.05) is 52.8 Å². The maximum Gasteiger partial charge on any atom is 0.223 e. The van der Waals surface area contributed by atoms with Gasteiger partial charge >= 0.3 is 0 Å². The summed E-state index contributed by atoms with van der Waals surface area (Å²) in [6, 6.07) is 0. The van der Waals surface area contributed by atoms with E-state index >= 15 is 0 Å². The highest BCUT2D eigenvalue weighted by Gasteiger charge is 2.16. The van der Waals surface area contributed by atoms with Crippen molar-refractivity contribution in [2.24, 2.45) is 0 Å². The average Bonchev–Trinajstić information content (AvgIpc) is 2.39. The molecule has 1 heterocycles. The number of hydrogen-bond donors (Lipinski definition) is 1. The summed E-state index contributed by atoms with van der Waals surface area (Å²) in [5.41, 5.74) is 0. The van der Waals surface area contributed by atoms with Gasteiger partial charge in [0.2, 0.25) is 5.91 Å². The van der Waals surface area contributed by atoms with Crippen LogP contribution in [0.1, 0.15) is 13.3 Å². The fourth-order valence-corrected chi connectivity index (χ4v) is 1.97. The molecular weight excluding hydrogens is 218 g/mol. The Morgan fingerprint density at radius 1 is 1.35 bits per heavy atom. The first-order valence-electron chi connectivity index (χ1n) is 6.47. The second kappa shape index (κ2) is 8.44. The van der Waals surface area contributed by atoms with Crippen LogP contribution in [-0.4, -0.2) is 75.2 Å². The maximum atomic E-state index is 11.9. The van der Waals surface area contributed by atoms with Gasteiger partial charge in [-0.15, -0.1) is 0 Å². The quantitative estimate of drug-likeness (QED) is 0.671. The van der Waals surface area contributed by atoms with Crippen LogP contribution in [0.5, 0.6) is 0 Å². The van der Waals surface area contributed by atoms with Crippen molar-refractivity contribution in [2.75, 3.05) is 59.5 Å². The van der Waals surface area contributed by atoms with Gasteiger partial charge in [-0.3, -0.25) is 4.79 Å². The lowest BCUT2D eigenvalue weighted by Gasteiger charge is -2.28. The number of nitrogens with one attached hydrogen (secondary N) is 1. The molecule has 1 rings (SSSR count). The number of rotatable bonds is 7. The number of carbonyl (C=O) groups excluding carboxylic acids is 1. The third-order valence-electron chi connectivity index (χ3n) is 3.17. The molecule has 0 aromatic carbocycles. The van der Waals surface area contributed by atoms with Gasteiger partial charge in [0.1, 0.15) is 0 Å². The van der Waals surface area contributed by atoms with Gasteiger partial charge in [0.05, 0.1) is 6.61 Å². The molecule has 0 aliphatic carbocycles. The smallest absolute Gasteiger partial charge is 0.223 e. The molecule has 5 nitrogen and oxygen atoms in total. The molecule has 0 bridgehead atoms. The van der Waals surface area contributed by atoms with Crippen molar-refractivity contribution in [2.45, 2.75) is 13.3 Å². The lowest BCUT2D eigenvalue weighted by molar-refractivity contribution is -0.132. The third kappa shape index (κ3) is 5.48. The molecule has 0 aromatic heterocycles. The molecule has 0 unspecified atom stereocenters. The number of hydrogen-bond acceptors (Lipinski definition) is 4. The van der Waals surface area contributed by atoms with Crippen LogP contribution in [-0.2, 0) is 9.53 Å². The zero-order valence-corrected chi connectivity index (χ0v) is 11.1. The van der Waals surface area contributed by atoms with Crippen molar-refractivity contribution in [1.82, 2.24) is 15.1 Å². The van der Waals surface area contributed by atoms with Crippen molar-refractivity contribution < 1.29 is 9.53 Å². The van der Waals surface area contributed by atoms with E-state index in [1.165, 1.54) is 0 Å². The van der Waals surface area contributed by atoms with Crippen molar-refractivity contribution in [3.8, 4) is 0 Å². The van der Waals surface area contributed by atoms with Crippen molar-refractivity contribution >= 4 is 5.91 Å². The molecule has 1 N–H and O–H groups in total. The van der Waals surface area contributed by atoms with Crippen molar-refractivity contribution in [3.05, 3.63) is 0 Å². The molecule has 0 radical (unpaired) electrons. The number of carbonyl (C=O) groups is 1. The van der Waals surface area contributed by atoms with Crippen molar-refractivity contribution in [3.63, 3.8) is 0 Å². The van der Waals surface area contributed by atoms with E-state index in [0.717, 1.165) is 52.4 Å². The Morgan fingerprint density at radius 3 is 2.65 bits per heavy atom. The van der Waals surface area contributed by atoms with Crippen LogP contribution >= 0.6 is 0 Å². The molecule has 1 aliphatic rings. The zero-order chi connectivity index (χ0) is 12.5. The zero-order valence-electron chi connectivity index (χ0n) is 11.1. The van der Waals surface area contributed by atoms with Gasteiger partial charge in [-0.05, 0) is 6.54 Å². The first-order chi connectivity index (χ1) is 8.27. The fourth-order valence-electron chi connectivity index (χ4n) is 1.97. The summed E-state index contributed by atoms with van der Waals surface area (Å²) < 4.78 is 5.05. The molecule has 5 heteroatoms. The van der Waals surface area contributed by atoms with Crippen LogP contribution in [0.2, 0.25) is 0 Å². The number of methoxy groups -OCH3 is 1. The normalized spacial score (nSPS) is 16.5. The number of ether oxygens (including phenoxy) is 1. The first kappa shape index (κ1) is 14.4. The SMILES string of the molecule is CCN(CCOC)CCC(=O)N1CCNCC1. The monoisotopic (exact) mass is 243 g/mol. The molecule has 1 amide bonds. The second-order valence-corrected chi connectivity index (χ2v) is 4.31. The van der Waals surface area contributed by atoms with Crippen LogP contribution in [0.15, 0.2) is 0 Å². The van der Waals surface area contributed by atoms with Gasteiger partial charge in [0.15, 0.2) is 0 Å². The summed E-state index contributed by atoms with van der Waals surface area (Å²) in [5, 5.41) is 3.25. The van der Waals surface area contributed by atoms with Crippen LogP contribution < -0.4 is 5.32 Å². The molecule has 1 saturated heterocycles. The fraction of sp³-hybridized carbons (Fsp3) is 0.917. The van der Waals surface area contributed by atoms with Gasteiger partial charge in [-0.25, -0.2) is 0 Å².